The fourth-order valence-electron chi connectivity index (χ4n) is 1.45. The second kappa shape index (κ2) is 5.37. The van der Waals surface area contributed by atoms with Crippen LogP contribution < -0.4 is 4.74 Å². The molecular weight excluding hydrogens is 244 g/mol. The number of benzene rings is 1. The third-order valence-corrected chi connectivity index (χ3v) is 2.73. The van der Waals surface area contributed by atoms with E-state index >= 15 is 0 Å². The van der Waals surface area contributed by atoms with Gasteiger partial charge in [-0.3, -0.25) is 4.18 Å². The second-order valence-corrected chi connectivity index (χ2v) is 5.17. The van der Waals surface area contributed by atoms with Crippen molar-refractivity contribution < 1.29 is 22.4 Å². The molecule has 0 aliphatic heterocycles. The Balaban J connectivity index is 3.02. The van der Waals surface area contributed by atoms with Gasteiger partial charge in [0.25, 0.3) is 10.1 Å². The largest absolute Gasteiger partial charge is 0.504 e. The summed E-state index contributed by atoms with van der Waals surface area (Å²) in [6.45, 7) is 3.76. The van der Waals surface area contributed by atoms with Gasteiger partial charge in [0, 0.05) is 5.56 Å². The molecule has 1 aromatic carbocycles. The highest BCUT2D eigenvalue weighted by molar-refractivity contribution is 7.86. The minimum absolute atomic E-state index is 0.0921. The van der Waals surface area contributed by atoms with Crippen molar-refractivity contribution >= 4 is 10.1 Å². The maximum atomic E-state index is 11.0. The predicted octanol–water partition coefficient (Wildman–Crippen LogP) is 1.83. The number of ether oxygens (including phenoxy) is 1. The van der Waals surface area contributed by atoms with E-state index in [9.17, 15) is 13.5 Å². The number of aromatic hydroxyl groups is 1. The second-order valence-electron chi connectivity index (χ2n) is 3.57. The summed E-state index contributed by atoms with van der Waals surface area (Å²) in [4.78, 5) is 0. The van der Waals surface area contributed by atoms with Crippen LogP contribution in [0.1, 0.15) is 25.5 Å². The standard InChI is InChI=1S/C11H16O5S/c1-4-15-10-7-5-6-9(11(10)12)8(2)16-17(3,13)14/h5-8,12H,4H2,1-3H3. The number of hydrogen-bond donors (Lipinski definition) is 1. The Morgan fingerprint density at radius 3 is 2.59 bits per heavy atom. The highest BCUT2D eigenvalue weighted by Crippen LogP contribution is 2.35. The molecule has 0 radical (unpaired) electrons. The van der Waals surface area contributed by atoms with Gasteiger partial charge in [-0.15, -0.1) is 0 Å². The first-order valence-electron chi connectivity index (χ1n) is 5.18. The van der Waals surface area contributed by atoms with Crippen LogP contribution in [0.25, 0.3) is 0 Å². The van der Waals surface area contributed by atoms with Crippen molar-refractivity contribution in [2.24, 2.45) is 0 Å². The lowest BCUT2D eigenvalue weighted by atomic mass is 10.1. The summed E-state index contributed by atoms with van der Waals surface area (Å²) in [7, 11) is -3.57. The average Bonchev–Trinajstić information content (AvgIpc) is 2.18. The molecule has 0 aliphatic rings. The van der Waals surface area contributed by atoms with Gasteiger partial charge in [0.15, 0.2) is 11.5 Å². The van der Waals surface area contributed by atoms with E-state index in [0.717, 1.165) is 6.26 Å². The first kappa shape index (κ1) is 13.8. The molecule has 0 aromatic heterocycles. The van der Waals surface area contributed by atoms with Gasteiger partial charge in [0.2, 0.25) is 0 Å². The summed E-state index contributed by atoms with van der Waals surface area (Å²) in [6, 6.07) is 4.87. The maximum absolute atomic E-state index is 11.0. The van der Waals surface area contributed by atoms with Crippen LogP contribution in [0.15, 0.2) is 18.2 Å². The molecule has 0 bridgehead atoms. The van der Waals surface area contributed by atoms with Crippen molar-refractivity contribution in [1.29, 1.82) is 0 Å². The first-order chi connectivity index (χ1) is 7.85. The fraction of sp³-hybridized carbons (Fsp3) is 0.455. The molecule has 0 fully saturated rings. The Labute approximate surface area is 101 Å². The van der Waals surface area contributed by atoms with Crippen LogP contribution in [-0.2, 0) is 14.3 Å². The lowest BCUT2D eigenvalue weighted by Gasteiger charge is -2.15. The molecule has 0 saturated heterocycles. The predicted molar refractivity (Wildman–Crippen MR) is 63.6 cm³/mol. The third-order valence-electron chi connectivity index (χ3n) is 2.09. The van der Waals surface area contributed by atoms with Crippen molar-refractivity contribution in [3.05, 3.63) is 23.8 Å². The summed E-state index contributed by atoms with van der Waals surface area (Å²) < 4.78 is 32.0. The van der Waals surface area contributed by atoms with Crippen LogP contribution in [-0.4, -0.2) is 26.4 Å². The molecule has 1 unspecified atom stereocenters. The highest BCUT2D eigenvalue weighted by Gasteiger charge is 2.18. The Kier molecular flexibility index (Phi) is 4.36. The third kappa shape index (κ3) is 3.90. The van der Waals surface area contributed by atoms with E-state index in [4.69, 9.17) is 8.92 Å². The van der Waals surface area contributed by atoms with Crippen LogP contribution in [0, 0.1) is 0 Å². The van der Waals surface area contributed by atoms with Crippen molar-refractivity contribution in [3.63, 3.8) is 0 Å². The van der Waals surface area contributed by atoms with Gasteiger partial charge in [-0.25, -0.2) is 0 Å². The fourth-order valence-corrected chi connectivity index (χ4v) is 2.08. The van der Waals surface area contributed by atoms with E-state index in [-0.39, 0.29) is 5.75 Å². The minimum Gasteiger partial charge on any atom is -0.504 e. The molecule has 6 heteroatoms. The smallest absolute Gasteiger partial charge is 0.264 e. The van der Waals surface area contributed by atoms with Crippen molar-refractivity contribution in [1.82, 2.24) is 0 Å². The van der Waals surface area contributed by atoms with Gasteiger partial charge in [0.05, 0.1) is 12.9 Å². The molecule has 0 heterocycles. The Morgan fingerprint density at radius 2 is 2.06 bits per heavy atom. The van der Waals surface area contributed by atoms with Crippen molar-refractivity contribution in [2.75, 3.05) is 12.9 Å². The molecular formula is C11H16O5S. The molecule has 1 aromatic rings. The summed E-state index contributed by atoms with van der Waals surface area (Å²) in [5.74, 6) is 0.222. The van der Waals surface area contributed by atoms with Crippen LogP contribution in [0.5, 0.6) is 11.5 Å². The molecule has 1 rings (SSSR count). The van der Waals surface area contributed by atoms with Gasteiger partial charge in [0.1, 0.15) is 6.10 Å². The van der Waals surface area contributed by atoms with Crippen molar-refractivity contribution in [2.45, 2.75) is 20.0 Å². The van der Waals surface area contributed by atoms with Gasteiger partial charge < -0.3 is 9.84 Å². The molecule has 5 nitrogen and oxygen atoms in total. The zero-order chi connectivity index (χ0) is 13.1. The maximum Gasteiger partial charge on any atom is 0.264 e. The topological polar surface area (TPSA) is 72.8 Å². The number of phenols is 1. The van der Waals surface area contributed by atoms with Gasteiger partial charge in [-0.2, -0.15) is 8.42 Å². The van der Waals surface area contributed by atoms with Crippen LogP contribution in [0.3, 0.4) is 0 Å². The van der Waals surface area contributed by atoms with E-state index in [1.165, 1.54) is 0 Å². The normalized spacial score (nSPS) is 13.4. The van der Waals surface area contributed by atoms with Crippen LogP contribution in [0.4, 0.5) is 0 Å². The van der Waals surface area contributed by atoms with Gasteiger partial charge >= 0.3 is 0 Å². The van der Waals surface area contributed by atoms with Crippen molar-refractivity contribution in [3.8, 4) is 11.5 Å². The zero-order valence-corrected chi connectivity index (χ0v) is 10.8. The van der Waals surface area contributed by atoms with Crippen LogP contribution in [0.2, 0.25) is 0 Å². The number of hydrogen-bond acceptors (Lipinski definition) is 5. The van der Waals surface area contributed by atoms with Gasteiger partial charge in [-0.1, -0.05) is 12.1 Å². The quantitative estimate of drug-likeness (QED) is 0.818. The summed E-state index contributed by atoms with van der Waals surface area (Å²) in [6.07, 6.45) is 0.206. The van der Waals surface area contributed by atoms with Crippen LogP contribution >= 0.6 is 0 Å². The zero-order valence-electron chi connectivity index (χ0n) is 10.0. The molecule has 17 heavy (non-hydrogen) atoms. The number of phenolic OH excluding ortho intramolecular Hbond substituents is 1. The van der Waals surface area contributed by atoms with E-state index in [1.54, 1.807) is 32.0 Å². The molecule has 0 saturated carbocycles. The van der Waals surface area contributed by atoms with E-state index < -0.39 is 16.2 Å². The number of rotatable bonds is 5. The Morgan fingerprint density at radius 1 is 1.41 bits per heavy atom. The first-order valence-corrected chi connectivity index (χ1v) is 6.99. The molecule has 96 valence electrons. The molecule has 0 spiro atoms. The Hall–Kier alpha value is -1.27. The van der Waals surface area contributed by atoms with E-state index in [1.807, 2.05) is 0 Å². The highest BCUT2D eigenvalue weighted by atomic mass is 32.2. The lowest BCUT2D eigenvalue weighted by molar-refractivity contribution is 0.228. The summed E-state index contributed by atoms with van der Waals surface area (Å²) in [5.41, 5.74) is 0.376. The van der Waals surface area contributed by atoms with E-state index in [2.05, 4.69) is 0 Å². The lowest BCUT2D eigenvalue weighted by Crippen LogP contribution is -2.08. The van der Waals surface area contributed by atoms with E-state index in [0.29, 0.717) is 17.9 Å². The molecule has 0 aliphatic carbocycles. The summed E-state index contributed by atoms with van der Waals surface area (Å²) >= 11 is 0. The number of para-hydroxylation sites is 1. The van der Waals surface area contributed by atoms with Gasteiger partial charge in [-0.05, 0) is 19.9 Å². The molecule has 0 amide bonds. The molecule has 1 atom stereocenters. The minimum atomic E-state index is -3.57. The average molecular weight is 260 g/mol. The monoisotopic (exact) mass is 260 g/mol. The Bertz CT molecular complexity index is 481. The summed E-state index contributed by atoms with van der Waals surface area (Å²) in [5, 5.41) is 9.89. The molecule has 1 N–H and O–H groups in total. The SMILES string of the molecule is CCOc1cccc(C(C)OS(C)(=O)=O)c1O.